The lowest BCUT2D eigenvalue weighted by Gasteiger charge is -2.18. The quantitative estimate of drug-likeness (QED) is 0.877. The Kier molecular flexibility index (Phi) is 4.76. The van der Waals surface area contributed by atoms with Gasteiger partial charge in [-0.1, -0.05) is 6.92 Å². The molecule has 2 unspecified atom stereocenters. The molecule has 0 saturated carbocycles. The van der Waals surface area contributed by atoms with Crippen molar-refractivity contribution in [1.82, 2.24) is 5.32 Å². The number of rotatable bonds is 5. The Hall–Kier alpha value is -0.390. The maximum atomic E-state index is 11.1. The summed E-state index contributed by atoms with van der Waals surface area (Å²) in [6.45, 7) is 4.01. The summed E-state index contributed by atoms with van der Waals surface area (Å²) in [5, 5.41) is 14.1. The predicted octanol–water partition coefficient (Wildman–Crippen LogP) is 3.02. The van der Waals surface area contributed by atoms with Gasteiger partial charge >= 0.3 is 5.97 Å². The summed E-state index contributed by atoms with van der Waals surface area (Å²) in [5.74, 6) is -0.835. The van der Waals surface area contributed by atoms with Crippen molar-refractivity contribution in [2.75, 3.05) is 0 Å². The maximum absolute atomic E-state index is 11.1. The zero-order chi connectivity index (χ0) is 11.4. The summed E-state index contributed by atoms with van der Waals surface area (Å²) in [4.78, 5) is 11.9. The number of nitrogens with one attached hydrogen (secondary N) is 1. The topological polar surface area (TPSA) is 49.3 Å². The van der Waals surface area contributed by atoms with Gasteiger partial charge in [0.25, 0.3) is 0 Å². The van der Waals surface area contributed by atoms with Crippen molar-refractivity contribution in [2.24, 2.45) is 0 Å². The SMILES string of the molecule is CCC(C)NC(C(=O)O)c1sccc1Br. The average molecular weight is 292 g/mol. The van der Waals surface area contributed by atoms with Crippen molar-refractivity contribution in [2.45, 2.75) is 32.4 Å². The molecule has 1 aromatic rings. The van der Waals surface area contributed by atoms with E-state index in [0.717, 1.165) is 15.8 Å². The highest BCUT2D eigenvalue weighted by Crippen LogP contribution is 2.29. The van der Waals surface area contributed by atoms with Crippen molar-refractivity contribution >= 4 is 33.2 Å². The number of aliphatic carboxylic acids is 1. The molecule has 3 nitrogen and oxygen atoms in total. The molecule has 1 rings (SSSR count). The van der Waals surface area contributed by atoms with Crippen molar-refractivity contribution in [3.8, 4) is 0 Å². The van der Waals surface area contributed by atoms with E-state index in [4.69, 9.17) is 5.11 Å². The molecule has 1 heterocycles. The molecule has 1 aromatic heterocycles. The third-order valence-corrected chi connectivity index (χ3v) is 4.15. The largest absolute Gasteiger partial charge is 0.480 e. The molecule has 2 atom stereocenters. The van der Waals surface area contributed by atoms with E-state index in [1.54, 1.807) is 0 Å². The van der Waals surface area contributed by atoms with Crippen LogP contribution in [0.5, 0.6) is 0 Å². The number of carbonyl (C=O) groups is 1. The fourth-order valence-electron chi connectivity index (χ4n) is 1.17. The molecule has 0 aromatic carbocycles. The summed E-state index contributed by atoms with van der Waals surface area (Å²) in [6.07, 6.45) is 0.909. The predicted molar refractivity (Wildman–Crippen MR) is 65.3 cm³/mol. The van der Waals surface area contributed by atoms with Crippen LogP contribution in [0.3, 0.4) is 0 Å². The van der Waals surface area contributed by atoms with E-state index in [1.807, 2.05) is 25.3 Å². The Balaban J connectivity index is 2.84. The zero-order valence-corrected chi connectivity index (χ0v) is 11.1. The Morgan fingerprint density at radius 2 is 2.40 bits per heavy atom. The first-order chi connectivity index (χ1) is 7.06. The first kappa shape index (κ1) is 12.7. The van der Waals surface area contributed by atoms with E-state index in [-0.39, 0.29) is 6.04 Å². The van der Waals surface area contributed by atoms with Crippen LogP contribution in [0.4, 0.5) is 0 Å². The molecular weight excluding hydrogens is 278 g/mol. The molecule has 0 spiro atoms. The highest BCUT2D eigenvalue weighted by atomic mass is 79.9. The first-order valence-electron chi connectivity index (χ1n) is 4.78. The summed E-state index contributed by atoms with van der Waals surface area (Å²) >= 11 is 4.80. The van der Waals surface area contributed by atoms with Gasteiger partial charge in [0.15, 0.2) is 0 Å². The number of carboxylic acids is 1. The van der Waals surface area contributed by atoms with E-state index in [1.165, 1.54) is 11.3 Å². The number of carboxylic acid groups (broad SMARTS) is 1. The number of thiophene rings is 1. The summed E-state index contributed by atoms with van der Waals surface area (Å²) in [7, 11) is 0. The normalized spacial score (nSPS) is 14.9. The molecule has 0 aliphatic carbocycles. The van der Waals surface area contributed by atoms with Crippen LogP contribution < -0.4 is 5.32 Å². The van der Waals surface area contributed by atoms with Gasteiger partial charge in [0.1, 0.15) is 6.04 Å². The van der Waals surface area contributed by atoms with Crippen molar-refractivity contribution in [1.29, 1.82) is 0 Å². The lowest BCUT2D eigenvalue weighted by atomic mass is 10.2. The fourth-order valence-corrected chi connectivity index (χ4v) is 2.83. The Morgan fingerprint density at radius 3 is 2.80 bits per heavy atom. The molecule has 5 heteroatoms. The van der Waals surface area contributed by atoms with Gasteiger partial charge in [-0.2, -0.15) is 0 Å². The van der Waals surface area contributed by atoms with Gasteiger partial charge < -0.3 is 5.11 Å². The Labute approximate surface area is 102 Å². The van der Waals surface area contributed by atoms with Crippen molar-refractivity contribution in [3.63, 3.8) is 0 Å². The average Bonchev–Trinajstić information content (AvgIpc) is 2.60. The molecule has 0 amide bonds. The van der Waals surface area contributed by atoms with Gasteiger partial charge in [-0.05, 0) is 40.7 Å². The molecule has 0 bridgehead atoms. The molecule has 0 radical (unpaired) electrons. The molecule has 2 N–H and O–H groups in total. The highest BCUT2D eigenvalue weighted by Gasteiger charge is 2.24. The number of hydrogen-bond acceptors (Lipinski definition) is 3. The van der Waals surface area contributed by atoms with E-state index in [0.29, 0.717) is 0 Å². The third-order valence-electron chi connectivity index (χ3n) is 2.22. The van der Waals surface area contributed by atoms with Gasteiger partial charge in [-0.15, -0.1) is 11.3 Å². The van der Waals surface area contributed by atoms with Crippen LogP contribution in [-0.4, -0.2) is 17.1 Å². The van der Waals surface area contributed by atoms with Crippen LogP contribution in [0.15, 0.2) is 15.9 Å². The highest BCUT2D eigenvalue weighted by molar-refractivity contribution is 9.10. The minimum atomic E-state index is -0.835. The Morgan fingerprint density at radius 1 is 1.73 bits per heavy atom. The smallest absolute Gasteiger partial charge is 0.326 e. The minimum Gasteiger partial charge on any atom is -0.480 e. The monoisotopic (exact) mass is 291 g/mol. The van der Waals surface area contributed by atoms with Crippen molar-refractivity contribution < 1.29 is 9.90 Å². The van der Waals surface area contributed by atoms with E-state index in [2.05, 4.69) is 21.2 Å². The molecule has 0 aliphatic rings. The van der Waals surface area contributed by atoms with Crippen LogP contribution in [0.2, 0.25) is 0 Å². The van der Waals surface area contributed by atoms with E-state index >= 15 is 0 Å². The number of hydrogen-bond donors (Lipinski definition) is 2. The second-order valence-electron chi connectivity index (χ2n) is 3.38. The molecule has 0 fully saturated rings. The van der Waals surface area contributed by atoms with E-state index in [9.17, 15) is 4.79 Å². The first-order valence-corrected chi connectivity index (χ1v) is 6.45. The molecule has 0 saturated heterocycles. The van der Waals surface area contributed by atoms with Gasteiger partial charge in [-0.25, -0.2) is 0 Å². The van der Waals surface area contributed by atoms with Crippen LogP contribution in [-0.2, 0) is 4.79 Å². The van der Waals surface area contributed by atoms with Gasteiger partial charge in [0.05, 0.1) is 0 Å². The van der Waals surface area contributed by atoms with Gasteiger partial charge in [0, 0.05) is 15.4 Å². The van der Waals surface area contributed by atoms with Crippen LogP contribution in [0, 0.1) is 0 Å². The summed E-state index contributed by atoms with van der Waals surface area (Å²) < 4.78 is 0.857. The number of halogens is 1. The van der Waals surface area contributed by atoms with Gasteiger partial charge in [0.2, 0.25) is 0 Å². The molecule has 15 heavy (non-hydrogen) atoms. The van der Waals surface area contributed by atoms with Crippen molar-refractivity contribution in [3.05, 3.63) is 20.8 Å². The molecule has 0 aliphatic heterocycles. The van der Waals surface area contributed by atoms with Crippen LogP contribution in [0.25, 0.3) is 0 Å². The standard InChI is InChI=1S/C10H14BrNO2S/c1-3-6(2)12-8(10(13)14)9-7(11)4-5-15-9/h4-6,8,12H,3H2,1-2H3,(H,13,14). The van der Waals surface area contributed by atoms with Gasteiger partial charge in [-0.3, -0.25) is 10.1 Å². The lowest BCUT2D eigenvalue weighted by Crippen LogP contribution is -2.34. The lowest BCUT2D eigenvalue weighted by molar-refractivity contribution is -0.139. The van der Waals surface area contributed by atoms with Crippen LogP contribution >= 0.6 is 27.3 Å². The molecular formula is C10H14BrNO2S. The summed E-state index contributed by atoms with van der Waals surface area (Å²) in [5.41, 5.74) is 0. The third kappa shape index (κ3) is 3.29. The fraction of sp³-hybridized carbons (Fsp3) is 0.500. The molecule has 84 valence electrons. The maximum Gasteiger partial charge on any atom is 0.326 e. The van der Waals surface area contributed by atoms with E-state index < -0.39 is 12.0 Å². The second-order valence-corrected chi connectivity index (χ2v) is 5.18. The Bertz CT molecular complexity index is 340. The minimum absolute atomic E-state index is 0.195. The van der Waals surface area contributed by atoms with Crippen LogP contribution in [0.1, 0.15) is 31.2 Å². The zero-order valence-electron chi connectivity index (χ0n) is 8.66. The summed E-state index contributed by atoms with van der Waals surface area (Å²) in [6, 6.07) is 1.45. The second kappa shape index (κ2) is 5.63.